The zero-order valence-corrected chi connectivity index (χ0v) is 12.0. The van der Waals surface area contributed by atoms with Crippen LogP contribution in [-0.2, 0) is 11.3 Å². The predicted octanol–water partition coefficient (Wildman–Crippen LogP) is -0.348. The Morgan fingerprint density at radius 2 is 2.19 bits per heavy atom. The van der Waals surface area contributed by atoms with Gasteiger partial charge in [-0.3, -0.25) is 4.79 Å². The maximum Gasteiger partial charge on any atom is 0.304 e. The van der Waals surface area contributed by atoms with Crippen molar-refractivity contribution < 1.29 is 4.74 Å². The van der Waals surface area contributed by atoms with Crippen LogP contribution in [-0.4, -0.2) is 46.2 Å². The molecule has 1 saturated heterocycles. The van der Waals surface area contributed by atoms with E-state index in [2.05, 4.69) is 25.3 Å². The second-order valence-electron chi connectivity index (χ2n) is 4.44. The highest BCUT2D eigenvalue weighted by atomic mass is 32.1. The standard InChI is InChI=1S/C11H15N7O2S/c12-8-15-9(13-5-7-6-21-11(19)14-7)17-10(16-8)18-1-3-20-4-2-18/h6H,1-5H2,(H,14,19)(H3,12,13,15,16,17). The van der Waals surface area contributed by atoms with Crippen LogP contribution in [0.25, 0.3) is 0 Å². The summed E-state index contributed by atoms with van der Waals surface area (Å²) < 4.78 is 5.30. The maximum atomic E-state index is 11.1. The fourth-order valence-corrected chi connectivity index (χ4v) is 2.52. The molecule has 3 rings (SSSR count). The van der Waals surface area contributed by atoms with Gasteiger partial charge in [-0.1, -0.05) is 11.3 Å². The normalized spacial score (nSPS) is 15.1. The molecule has 0 unspecified atom stereocenters. The number of hydrogen-bond donors (Lipinski definition) is 3. The molecule has 0 amide bonds. The van der Waals surface area contributed by atoms with Gasteiger partial charge >= 0.3 is 4.87 Å². The number of rotatable bonds is 4. The van der Waals surface area contributed by atoms with E-state index in [-0.39, 0.29) is 10.8 Å². The molecule has 0 aliphatic carbocycles. The zero-order chi connectivity index (χ0) is 14.7. The van der Waals surface area contributed by atoms with E-state index in [9.17, 15) is 4.79 Å². The minimum absolute atomic E-state index is 0.0871. The minimum Gasteiger partial charge on any atom is -0.378 e. The molecule has 0 bridgehead atoms. The summed E-state index contributed by atoms with van der Waals surface area (Å²) in [7, 11) is 0. The third-order valence-corrected chi connectivity index (χ3v) is 3.66. The molecular weight excluding hydrogens is 294 g/mol. The van der Waals surface area contributed by atoms with E-state index < -0.39 is 0 Å². The van der Waals surface area contributed by atoms with Gasteiger partial charge in [0.2, 0.25) is 17.8 Å². The first-order valence-corrected chi connectivity index (χ1v) is 7.33. The predicted molar refractivity (Wildman–Crippen MR) is 79.5 cm³/mol. The number of aromatic nitrogens is 4. The summed E-state index contributed by atoms with van der Waals surface area (Å²) in [6.07, 6.45) is 0. The smallest absolute Gasteiger partial charge is 0.304 e. The van der Waals surface area contributed by atoms with Crippen molar-refractivity contribution in [3.05, 3.63) is 20.7 Å². The van der Waals surface area contributed by atoms with Crippen LogP contribution < -0.4 is 20.8 Å². The van der Waals surface area contributed by atoms with Crippen LogP contribution in [0.4, 0.5) is 17.8 Å². The molecule has 3 heterocycles. The van der Waals surface area contributed by atoms with E-state index in [1.165, 1.54) is 0 Å². The van der Waals surface area contributed by atoms with E-state index in [0.29, 0.717) is 31.7 Å². The minimum atomic E-state index is -0.0871. The van der Waals surface area contributed by atoms with Gasteiger partial charge in [0, 0.05) is 24.2 Å². The SMILES string of the molecule is Nc1nc(NCc2csc(=O)[nH]2)nc(N2CCOCC2)n1. The maximum absolute atomic E-state index is 11.1. The quantitative estimate of drug-likeness (QED) is 0.700. The summed E-state index contributed by atoms with van der Waals surface area (Å²) in [6, 6.07) is 0. The average Bonchev–Trinajstić information content (AvgIpc) is 2.91. The fraction of sp³-hybridized carbons (Fsp3) is 0.455. The van der Waals surface area contributed by atoms with Crippen molar-refractivity contribution in [1.82, 2.24) is 19.9 Å². The summed E-state index contributed by atoms with van der Waals surface area (Å²) >= 11 is 1.12. The Hall–Kier alpha value is -2.20. The monoisotopic (exact) mass is 309 g/mol. The van der Waals surface area contributed by atoms with Gasteiger partial charge in [0.15, 0.2) is 0 Å². The Labute approximate surface area is 124 Å². The van der Waals surface area contributed by atoms with Gasteiger partial charge in [0.05, 0.1) is 19.8 Å². The number of hydrogen-bond acceptors (Lipinski definition) is 9. The molecule has 0 aromatic carbocycles. The number of morpholine rings is 1. The Morgan fingerprint density at radius 1 is 1.38 bits per heavy atom. The molecule has 0 saturated carbocycles. The third-order valence-electron chi connectivity index (χ3n) is 2.94. The lowest BCUT2D eigenvalue weighted by molar-refractivity contribution is 0.122. The van der Waals surface area contributed by atoms with Crippen LogP contribution in [0.2, 0.25) is 0 Å². The first-order chi connectivity index (χ1) is 10.2. The third kappa shape index (κ3) is 3.47. The van der Waals surface area contributed by atoms with Crippen LogP contribution in [0.5, 0.6) is 0 Å². The summed E-state index contributed by atoms with van der Waals surface area (Å²) in [5.74, 6) is 1.08. The van der Waals surface area contributed by atoms with Crippen molar-refractivity contribution in [3.8, 4) is 0 Å². The highest BCUT2D eigenvalue weighted by Gasteiger charge is 2.15. The number of thiazole rings is 1. The number of nitrogen functional groups attached to an aromatic ring is 1. The lowest BCUT2D eigenvalue weighted by Gasteiger charge is -2.26. The van der Waals surface area contributed by atoms with E-state index >= 15 is 0 Å². The highest BCUT2D eigenvalue weighted by Crippen LogP contribution is 2.14. The topological polar surface area (TPSA) is 122 Å². The van der Waals surface area contributed by atoms with E-state index in [4.69, 9.17) is 10.5 Å². The molecule has 112 valence electrons. The van der Waals surface area contributed by atoms with E-state index in [1.807, 2.05) is 4.90 Å². The van der Waals surface area contributed by atoms with Gasteiger partial charge < -0.3 is 25.7 Å². The number of anilines is 3. The van der Waals surface area contributed by atoms with Gasteiger partial charge in [-0.2, -0.15) is 15.0 Å². The van der Waals surface area contributed by atoms with E-state index in [0.717, 1.165) is 30.1 Å². The van der Waals surface area contributed by atoms with Gasteiger partial charge in [0.1, 0.15) is 0 Å². The van der Waals surface area contributed by atoms with Crippen molar-refractivity contribution in [1.29, 1.82) is 0 Å². The second kappa shape index (κ2) is 6.06. The first kappa shape index (κ1) is 13.8. The lowest BCUT2D eigenvalue weighted by Crippen LogP contribution is -2.37. The van der Waals surface area contributed by atoms with E-state index in [1.54, 1.807) is 5.38 Å². The number of H-pyrrole nitrogens is 1. The Morgan fingerprint density at radius 3 is 2.90 bits per heavy atom. The zero-order valence-electron chi connectivity index (χ0n) is 11.2. The van der Waals surface area contributed by atoms with Crippen molar-refractivity contribution in [2.75, 3.05) is 42.3 Å². The number of nitrogens with zero attached hydrogens (tertiary/aromatic N) is 4. The Kier molecular flexibility index (Phi) is 3.97. The molecule has 0 radical (unpaired) electrons. The van der Waals surface area contributed by atoms with Crippen LogP contribution in [0.3, 0.4) is 0 Å². The van der Waals surface area contributed by atoms with Crippen LogP contribution in [0.15, 0.2) is 10.2 Å². The summed E-state index contributed by atoms with van der Waals surface area (Å²) in [5, 5.41) is 4.78. The Bertz CT molecular complexity index is 665. The van der Waals surface area contributed by atoms with Crippen molar-refractivity contribution in [3.63, 3.8) is 0 Å². The molecule has 2 aromatic heterocycles. The average molecular weight is 309 g/mol. The highest BCUT2D eigenvalue weighted by molar-refractivity contribution is 7.07. The molecule has 2 aromatic rings. The van der Waals surface area contributed by atoms with Gasteiger partial charge in [-0.05, 0) is 0 Å². The van der Waals surface area contributed by atoms with Crippen molar-refractivity contribution >= 4 is 29.2 Å². The molecule has 9 nitrogen and oxygen atoms in total. The first-order valence-electron chi connectivity index (χ1n) is 6.45. The molecule has 1 fully saturated rings. The second-order valence-corrected chi connectivity index (χ2v) is 5.29. The molecule has 21 heavy (non-hydrogen) atoms. The number of aromatic amines is 1. The van der Waals surface area contributed by atoms with Crippen molar-refractivity contribution in [2.45, 2.75) is 6.54 Å². The molecule has 1 aliphatic rings. The largest absolute Gasteiger partial charge is 0.378 e. The van der Waals surface area contributed by atoms with Crippen molar-refractivity contribution in [2.24, 2.45) is 0 Å². The number of nitrogens with one attached hydrogen (secondary N) is 2. The molecule has 10 heteroatoms. The molecule has 0 atom stereocenters. The van der Waals surface area contributed by atoms with Crippen LogP contribution in [0.1, 0.15) is 5.69 Å². The summed E-state index contributed by atoms with van der Waals surface area (Å²) in [5.41, 5.74) is 6.50. The molecule has 4 N–H and O–H groups in total. The molecule has 1 aliphatic heterocycles. The summed E-state index contributed by atoms with van der Waals surface area (Å²) in [6.45, 7) is 3.15. The summed E-state index contributed by atoms with van der Waals surface area (Å²) in [4.78, 5) is 28.2. The number of ether oxygens (including phenoxy) is 1. The van der Waals surface area contributed by atoms with Gasteiger partial charge in [-0.25, -0.2) is 0 Å². The molecule has 0 spiro atoms. The lowest BCUT2D eigenvalue weighted by atomic mass is 10.4. The Balaban J connectivity index is 1.72. The molecular formula is C11H15N7O2S. The van der Waals surface area contributed by atoms with Gasteiger partial charge in [0.25, 0.3) is 0 Å². The van der Waals surface area contributed by atoms with Crippen LogP contribution >= 0.6 is 11.3 Å². The van der Waals surface area contributed by atoms with Gasteiger partial charge in [-0.15, -0.1) is 0 Å². The van der Waals surface area contributed by atoms with Crippen LogP contribution in [0, 0.1) is 0 Å². The fourth-order valence-electron chi connectivity index (χ4n) is 1.94. The number of nitrogens with two attached hydrogens (primary N) is 1.